The Morgan fingerprint density at radius 3 is 2.24 bits per heavy atom. The summed E-state index contributed by atoms with van der Waals surface area (Å²) in [5.41, 5.74) is 1.60. The number of amides is 1. The summed E-state index contributed by atoms with van der Waals surface area (Å²) < 4.78 is 36.9. The lowest BCUT2D eigenvalue weighted by atomic mass is 10.1. The fourth-order valence-corrected chi connectivity index (χ4v) is 2.92. The Labute approximate surface area is 202 Å². The van der Waals surface area contributed by atoms with Crippen molar-refractivity contribution in [3.05, 3.63) is 63.4 Å². The summed E-state index contributed by atoms with van der Waals surface area (Å²) in [4.78, 5) is 36.4. The van der Waals surface area contributed by atoms with E-state index in [9.17, 15) is 27.9 Å². The Morgan fingerprint density at radius 1 is 1.12 bits per heavy atom. The minimum atomic E-state index is -5.19. The molecule has 2 aromatic rings. The molecule has 0 bridgehead atoms. The molecule has 0 aliphatic carbocycles. The van der Waals surface area contributed by atoms with Gasteiger partial charge in [0.05, 0.1) is 34.9 Å². The van der Waals surface area contributed by atoms with Crippen LogP contribution in [0.1, 0.15) is 35.5 Å². The van der Waals surface area contributed by atoms with Crippen LogP contribution < -0.4 is 15.5 Å². The van der Waals surface area contributed by atoms with Crippen LogP contribution in [0.5, 0.6) is 0 Å². The highest BCUT2D eigenvalue weighted by atomic mass is 35.5. The number of ether oxygens (including phenoxy) is 1. The summed E-state index contributed by atoms with van der Waals surface area (Å²) >= 11 is 11.8. The van der Waals surface area contributed by atoms with Crippen molar-refractivity contribution in [2.75, 3.05) is 0 Å². The summed E-state index contributed by atoms with van der Waals surface area (Å²) in [5.74, 6) is -4.64. The van der Waals surface area contributed by atoms with E-state index < -0.39 is 24.2 Å². The van der Waals surface area contributed by atoms with Crippen molar-refractivity contribution in [2.24, 2.45) is 0 Å². The average Bonchev–Trinajstić information content (AvgIpc) is 2.71. The van der Waals surface area contributed by atoms with E-state index in [4.69, 9.17) is 37.8 Å². The molecule has 1 aromatic carbocycles. The number of carbonyl (C=O) groups excluding carboxylic acids is 3. The van der Waals surface area contributed by atoms with Gasteiger partial charge in [-0.05, 0) is 49.7 Å². The molecule has 0 fully saturated rings. The van der Waals surface area contributed by atoms with Crippen LogP contribution in [0.4, 0.5) is 13.2 Å². The minimum absolute atomic E-state index is 0.146. The highest BCUT2D eigenvalue weighted by molar-refractivity contribution is 6.36. The summed E-state index contributed by atoms with van der Waals surface area (Å²) in [6, 6.07) is 8.02. The summed E-state index contributed by atoms with van der Waals surface area (Å²) in [6.07, 6.45) is -4.79. The van der Waals surface area contributed by atoms with Crippen LogP contribution in [0, 0.1) is 0 Å². The van der Waals surface area contributed by atoms with Gasteiger partial charge in [-0.2, -0.15) is 13.2 Å². The second-order valence-electron chi connectivity index (χ2n) is 6.94. The first-order valence-electron chi connectivity index (χ1n) is 9.52. The topological polar surface area (TPSA) is 131 Å². The lowest BCUT2D eigenvalue weighted by Crippen LogP contribution is -2.40. The molecule has 8 nitrogen and oxygen atoms in total. The number of alkyl halides is 3. The van der Waals surface area contributed by atoms with Crippen LogP contribution in [-0.4, -0.2) is 41.2 Å². The Kier molecular flexibility index (Phi) is 11.2. The van der Waals surface area contributed by atoms with Crippen LogP contribution in [0.25, 0.3) is 0 Å². The zero-order chi connectivity index (χ0) is 26.1. The molecule has 0 saturated heterocycles. The zero-order valence-electron chi connectivity index (χ0n) is 17.8. The molecule has 1 N–H and O–H groups in total. The lowest BCUT2D eigenvalue weighted by molar-refractivity contribution is -0.344. The number of hydrogen-bond acceptors (Lipinski definition) is 7. The highest BCUT2D eigenvalue weighted by Gasteiger charge is 2.28. The summed E-state index contributed by atoms with van der Waals surface area (Å²) in [5, 5.41) is 23.4. The largest absolute Gasteiger partial charge is 0.547 e. The molecule has 186 valence electrons. The van der Waals surface area contributed by atoms with E-state index in [2.05, 4.69) is 10.3 Å². The first-order valence-corrected chi connectivity index (χ1v) is 10.3. The molecular weight excluding hydrogens is 504 g/mol. The van der Waals surface area contributed by atoms with Gasteiger partial charge < -0.3 is 29.9 Å². The second-order valence-corrected chi connectivity index (χ2v) is 7.79. The minimum Gasteiger partial charge on any atom is -0.547 e. The number of nitrogens with zero attached hydrogens (tertiary/aromatic N) is 1. The molecule has 2 rings (SSSR count). The highest BCUT2D eigenvalue weighted by Crippen LogP contribution is 2.21. The number of hydrogen-bond donors (Lipinski definition) is 1. The van der Waals surface area contributed by atoms with Gasteiger partial charge in [-0.25, -0.2) is 0 Å². The fourth-order valence-electron chi connectivity index (χ4n) is 2.42. The Hall–Kier alpha value is -2.89. The molecular formula is C21H19Cl2F3N2O6-2. The summed E-state index contributed by atoms with van der Waals surface area (Å²) in [7, 11) is 0. The number of carboxylic acids is 2. The standard InChI is InChI=1S/C19H20Cl2N2O4.C2HF3O2/c1-11(2)27-17(19(25)26)8-12-5-6-22-14(7-12)10-23-18(24)15-4-3-13(20)9-16(15)21;3-2(4,5)1(6)7/h3-7,9,11,17H,8,10H2,1-2H3,(H,23,24)(H,25,26);(H,6,7)/p-2. The van der Waals surface area contributed by atoms with Gasteiger partial charge in [-0.3, -0.25) is 9.78 Å². The van der Waals surface area contributed by atoms with Crippen molar-refractivity contribution in [1.29, 1.82) is 0 Å². The normalized spacial score (nSPS) is 11.9. The number of carbonyl (C=O) groups is 3. The third-order valence-electron chi connectivity index (χ3n) is 3.84. The van der Waals surface area contributed by atoms with Gasteiger partial charge in [0.1, 0.15) is 12.1 Å². The SMILES string of the molecule is CC(C)OC(Cc1ccnc(CNC(=O)c2ccc(Cl)cc2Cl)c1)C(=O)[O-].O=C([O-])C(F)(F)F. The quantitative estimate of drug-likeness (QED) is 0.557. The third-order valence-corrected chi connectivity index (χ3v) is 4.39. The Bertz CT molecular complexity index is 1020. The first-order chi connectivity index (χ1) is 15.7. The van der Waals surface area contributed by atoms with Gasteiger partial charge in [0, 0.05) is 17.6 Å². The van der Waals surface area contributed by atoms with Crippen molar-refractivity contribution >= 4 is 41.0 Å². The number of nitrogens with one attached hydrogen (secondary N) is 1. The molecule has 0 spiro atoms. The van der Waals surface area contributed by atoms with Crippen LogP contribution in [-0.2, 0) is 27.3 Å². The van der Waals surface area contributed by atoms with Gasteiger partial charge >= 0.3 is 6.18 Å². The molecule has 34 heavy (non-hydrogen) atoms. The summed E-state index contributed by atoms with van der Waals surface area (Å²) in [6.45, 7) is 3.67. The van der Waals surface area contributed by atoms with E-state index in [1.807, 2.05) is 0 Å². The number of benzene rings is 1. The Balaban J connectivity index is 0.000000718. The van der Waals surface area contributed by atoms with E-state index in [-0.39, 0.29) is 30.0 Å². The molecule has 1 atom stereocenters. The van der Waals surface area contributed by atoms with E-state index in [1.165, 1.54) is 12.1 Å². The van der Waals surface area contributed by atoms with Crippen molar-refractivity contribution < 1.29 is 42.5 Å². The maximum Gasteiger partial charge on any atom is 0.430 e. The zero-order valence-corrected chi connectivity index (χ0v) is 19.3. The van der Waals surface area contributed by atoms with Crippen molar-refractivity contribution in [2.45, 2.75) is 45.2 Å². The molecule has 0 aliphatic heterocycles. The van der Waals surface area contributed by atoms with Gasteiger partial charge in [-0.1, -0.05) is 23.2 Å². The van der Waals surface area contributed by atoms with E-state index in [0.29, 0.717) is 21.8 Å². The monoisotopic (exact) mass is 522 g/mol. The number of carboxylic acid groups (broad SMARTS) is 2. The number of pyridine rings is 1. The van der Waals surface area contributed by atoms with Crippen molar-refractivity contribution in [3.63, 3.8) is 0 Å². The molecule has 0 aliphatic rings. The molecule has 1 heterocycles. The van der Waals surface area contributed by atoms with E-state index in [0.717, 1.165) is 0 Å². The molecule has 0 radical (unpaired) electrons. The molecule has 1 unspecified atom stereocenters. The maximum absolute atomic E-state index is 12.3. The third kappa shape index (κ3) is 10.4. The predicted molar refractivity (Wildman–Crippen MR) is 112 cm³/mol. The molecule has 0 saturated carbocycles. The van der Waals surface area contributed by atoms with Gasteiger partial charge in [-0.15, -0.1) is 0 Å². The number of aliphatic carboxylic acids is 2. The van der Waals surface area contributed by atoms with Crippen LogP contribution >= 0.6 is 23.2 Å². The van der Waals surface area contributed by atoms with Gasteiger partial charge in [0.15, 0.2) is 0 Å². The average molecular weight is 523 g/mol. The van der Waals surface area contributed by atoms with Gasteiger partial charge in [0.25, 0.3) is 5.91 Å². The van der Waals surface area contributed by atoms with E-state index >= 15 is 0 Å². The number of halogens is 5. The fraction of sp³-hybridized carbons (Fsp3) is 0.333. The maximum atomic E-state index is 12.3. The second kappa shape index (κ2) is 13.1. The smallest absolute Gasteiger partial charge is 0.430 e. The van der Waals surface area contributed by atoms with Gasteiger partial charge in [0.2, 0.25) is 0 Å². The van der Waals surface area contributed by atoms with Crippen LogP contribution in [0.3, 0.4) is 0 Å². The lowest BCUT2D eigenvalue weighted by Gasteiger charge is -2.21. The first kappa shape index (κ1) is 29.1. The van der Waals surface area contributed by atoms with Crippen LogP contribution in [0.15, 0.2) is 36.5 Å². The van der Waals surface area contributed by atoms with E-state index in [1.54, 1.807) is 38.2 Å². The van der Waals surface area contributed by atoms with Crippen LogP contribution in [0.2, 0.25) is 10.0 Å². The van der Waals surface area contributed by atoms with Crippen molar-refractivity contribution in [1.82, 2.24) is 10.3 Å². The molecule has 1 aromatic heterocycles. The number of aromatic nitrogens is 1. The predicted octanol–water partition coefficient (Wildman–Crippen LogP) is 1.70. The molecule has 1 amide bonds. The Morgan fingerprint density at radius 2 is 1.74 bits per heavy atom. The van der Waals surface area contributed by atoms with Crippen molar-refractivity contribution in [3.8, 4) is 0 Å². The number of rotatable bonds is 8. The molecule has 13 heteroatoms.